The van der Waals surface area contributed by atoms with Gasteiger partial charge in [-0.1, -0.05) is 41.0 Å². The second-order valence-electron chi connectivity index (χ2n) is 6.74. The molecule has 0 aromatic carbocycles. The highest BCUT2D eigenvalue weighted by Crippen LogP contribution is 2.53. The molecular formula is C15H31Cl2N2+. The Balaban J connectivity index is 3.19. The highest BCUT2D eigenvalue weighted by molar-refractivity contribution is 6.23. The number of rotatable bonds is 5. The van der Waals surface area contributed by atoms with Gasteiger partial charge in [-0.25, -0.2) is 0 Å². The molecule has 5 atom stereocenters. The Hall–Kier alpha value is 0.500. The summed E-state index contributed by atoms with van der Waals surface area (Å²) in [6.07, 6.45) is 5.59. The number of halogens is 2. The van der Waals surface area contributed by atoms with Gasteiger partial charge in [-0.05, 0) is 34.7 Å². The summed E-state index contributed by atoms with van der Waals surface area (Å²) in [6.45, 7) is 11.4. The molecule has 0 bridgehead atoms. The van der Waals surface area contributed by atoms with Crippen LogP contribution in [0.3, 0.4) is 0 Å². The normalized spacial score (nSPS) is 38.2. The summed E-state index contributed by atoms with van der Waals surface area (Å²) in [6, 6.07) is 0. The molecule has 2 N–H and O–H groups in total. The fourth-order valence-electron chi connectivity index (χ4n) is 4.30. The molecule has 1 aliphatic rings. The maximum Gasteiger partial charge on any atom is 0.211 e. The Labute approximate surface area is 129 Å². The molecule has 0 radical (unpaired) electrons. The number of hydrogen-bond donors (Lipinski definition) is 1. The van der Waals surface area contributed by atoms with Crippen LogP contribution in [0, 0.1) is 23.7 Å². The van der Waals surface area contributed by atoms with Crippen molar-refractivity contribution >= 4 is 23.6 Å². The smallest absolute Gasteiger partial charge is 0.143 e. The molecule has 1 rings (SSSR count). The molecule has 1 saturated carbocycles. The Morgan fingerprint density at radius 3 is 2.21 bits per heavy atom. The van der Waals surface area contributed by atoms with Gasteiger partial charge in [0.2, 0.25) is 23.6 Å². The second kappa shape index (κ2) is 6.51. The van der Waals surface area contributed by atoms with Gasteiger partial charge in [-0.3, -0.25) is 0 Å². The molecule has 1 fully saturated rings. The van der Waals surface area contributed by atoms with Crippen LogP contribution in [-0.4, -0.2) is 9.17 Å². The lowest BCUT2D eigenvalue weighted by Gasteiger charge is -2.52. The van der Waals surface area contributed by atoms with E-state index in [1.54, 1.807) is 0 Å². The van der Waals surface area contributed by atoms with Gasteiger partial charge in [0.1, 0.15) is 0 Å². The summed E-state index contributed by atoms with van der Waals surface area (Å²) in [5.74, 6) is 8.51. The van der Waals surface area contributed by atoms with Crippen LogP contribution in [0.5, 0.6) is 0 Å². The van der Waals surface area contributed by atoms with Gasteiger partial charge < -0.3 is 0 Å². The molecule has 0 aromatic rings. The molecule has 4 heteroatoms. The zero-order valence-electron chi connectivity index (χ0n) is 13.1. The largest absolute Gasteiger partial charge is 0.211 e. The SMILES string of the molecule is CCCC(CC)C1([N+](N)(Cl)Cl)CC(C)C(C)CC1C. The van der Waals surface area contributed by atoms with Crippen LogP contribution in [0.1, 0.15) is 66.7 Å². The van der Waals surface area contributed by atoms with Gasteiger partial charge in [-0.15, -0.1) is 5.84 Å². The van der Waals surface area contributed by atoms with Crippen molar-refractivity contribution in [2.75, 3.05) is 0 Å². The van der Waals surface area contributed by atoms with Crippen molar-refractivity contribution in [2.24, 2.45) is 29.5 Å². The number of hydrogen-bond acceptors (Lipinski definition) is 1. The first-order valence-corrected chi connectivity index (χ1v) is 8.45. The highest BCUT2D eigenvalue weighted by atomic mass is 35.5. The summed E-state index contributed by atoms with van der Waals surface area (Å²) < 4.78 is -0.413. The second-order valence-corrected chi connectivity index (χ2v) is 7.98. The third-order valence-electron chi connectivity index (χ3n) is 5.59. The van der Waals surface area contributed by atoms with Crippen molar-refractivity contribution in [3.63, 3.8) is 0 Å². The minimum absolute atomic E-state index is 0.209. The van der Waals surface area contributed by atoms with Crippen LogP contribution in [0.25, 0.3) is 0 Å². The summed E-state index contributed by atoms with van der Waals surface area (Å²) in [4.78, 5) is 0. The first-order valence-electron chi connectivity index (χ1n) is 7.77. The summed E-state index contributed by atoms with van der Waals surface area (Å²) >= 11 is 12.9. The predicted octanol–water partition coefficient (Wildman–Crippen LogP) is 5.25. The van der Waals surface area contributed by atoms with Crippen LogP contribution in [0.2, 0.25) is 0 Å². The fraction of sp³-hybridized carbons (Fsp3) is 1.00. The van der Waals surface area contributed by atoms with Crippen molar-refractivity contribution < 1.29 is 3.63 Å². The molecule has 114 valence electrons. The molecule has 2 nitrogen and oxygen atoms in total. The van der Waals surface area contributed by atoms with Crippen LogP contribution in [0.4, 0.5) is 0 Å². The summed E-state index contributed by atoms with van der Waals surface area (Å²) in [5.41, 5.74) is -0.209. The molecule has 0 heterocycles. The van der Waals surface area contributed by atoms with E-state index in [1.807, 2.05) is 0 Å². The molecule has 0 saturated heterocycles. The topological polar surface area (TPSA) is 26.0 Å². The molecule has 0 amide bonds. The third-order valence-corrected chi connectivity index (χ3v) is 6.22. The van der Waals surface area contributed by atoms with E-state index >= 15 is 0 Å². The summed E-state index contributed by atoms with van der Waals surface area (Å²) in [5, 5.41) is 0. The lowest BCUT2D eigenvalue weighted by Crippen LogP contribution is -2.66. The summed E-state index contributed by atoms with van der Waals surface area (Å²) in [7, 11) is 0. The van der Waals surface area contributed by atoms with E-state index in [2.05, 4.69) is 34.6 Å². The zero-order valence-corrected chi connectivity index (χ0v) is 14.6. The lowest BCUT2D eigenvalue weighted by atomic mass is 9.59. The van der Waals surface area contributed by atoms with Crippen molar-refractivity contribution in [1.82, 2.24) is 0 Å². The van der Waals surface area contributed by atoms with Gasteiger partial charge in [0, 0.05) is 18.3 Å². The third kappa shape index (κ3) is 3.23. The molecule has 0 spiro atoms. The first-order chi connectivity index (χ1) is 8.70. The molecular weight excluding hydrogens is 279 g/mol. The van der Waals surface area contributed by atoms with E-state index < -0.39 is 3.63 Å². The average molecular weight is 310 g/mol. The van der Waals surface area contributed by atoms with Crippen molar-refractivity contribution in [3.05, 3.63) is 0 Å². The van der Waals surface area contributed by atoms with E-state index in [0.29, 0.717) is 17.8 Å². The minimum atomic E-state index is -0.413. The standard InChI is InChI=1S/C15H31Cl2N2/c1-6-8-14(7-2)15(19(16,17)18)10-12(4)11(3)9-13(15)5/h11-14H,6-10,18H2,1-5H3/q+1. The van der Waals surface area contributed by atoms with E-state index in [9.17, 15) is 0 Å². The van der Waals surface area contributed by atoms with Gasteiger partial charge in [0.15, 0.2) is 5.54 Å². The fourth-order valence-corrected chi connectivity index (χ4v) is 5.04. The first kappa shape index (κ1) is 17.6. The van der Waals surface area contributed by atoms with Gasteiger partial charge >= 0.3 is 0 Å². The number of nitrogens with two attached hydrogens (primary N) is 1. The van der Waals surface area contributed by atoms with Crippen molar-refractivity contribution in [1.29, 1.82) is 0 Å². The molecule has 19 heavy (non-hydrogen) atoms. The minimum Gasteiger partial charge on any atom is -0.143 e. The predicted molar refractivity (Wildman–Crippen MR) is 84.3 cm³/mol. The van der Waals surface area contributed by atoms with Gasteiger partial charge in [-0.2, -0.15) is 0 Å². The Morgan fingerprint density at radius 2 is 1.79 bits per heavy atom. The Kier molecular flexibility index (Phi) is 6.01. The van der Waals surface area contributed by atoms with Gasteiger partial charge in [0.05, 0.1) is 0 Å². The Bertz CT molecular complexity index is 290. The quantitative estimate of drug-likeness (QED) is 0.419. The monoisotopic (exact) mass is 309 g/mol. The number of nitrogens with zero attached hydrogens (tertiary/aromatic N) is 1. The van der Waals surface area contributed by atoms with Crippen LogP contribution >= 0.6 is 23.6 Å². The van der Waals surface area contributed by atoms with E-state index in [4.69, 9.17) is 29.4 Å². The van der Waals surface area contributed by atoms with Crippen LogP contribution in [-0.2, 0) is 0 Å². The van der Waals surface area contributed by atoms with Gasteiger partial charge in [0.25, 0.3) is 0 Å². The van der Waals surface area contributed by atoms with Crippen molar-refractivity contribution in [2.45, 2.75) is 72.3 Å². The van der Waals surface area contributed by atoms with E-state index in [-0.39, 0.29) is 5.54 Å². The van der Waals surface area contributed by atoms with E-state index in [0.717, 1.165) is 38.0 Å². The molecule has 0 aromatic heterocycles. The van der Waals surface area contributed by atoms with Crippen molar-refractivity contribution in [3.8, 4) is 0 Å². The van der Waals surface area contributed by atoms with Crippen LogP contribution < -0.4 is 5.84 Å². The molecule has 0 aliphatic heterocycles. The van der Waals surface area contributed by atoms with Crippen LogP contribution in [0.15, 0.2) is 0 Å². The highest BCUT2D eigenvalue weighted by Gasteiger charge is 2.61. The Morgan fingerprint density at radius 1 is 1.21 bits per heavy atom. The average Bonchev–Trinajstić information content (AvgIpc) is 2.29. The molecule has 5 unspecified atom stereocenters. The maximum absolute atomic E-state index is 6.47. The lowest BCUT2D eigenvalue weighted by molar-refractivity contribution is -0.788. The number of quaternary nitrogens is 1. The van der Waals surface area contributed by atoms with E-state index in [1.165, 1.54) is 0 Å². The molecule has 1 aliphatic carbocycles. The zero-order chi connectivity index (χ0) is 14.8. The maximum atomic E-state index is 6.47.